The lowest BCUT2D eigenvalue weighted by Crippen LogP contribution is -1.96. The lowest BCUT2D eigenvalue weighted by molar-refractivity contribution is 1.10. The first-order valence-electron chi connectivity index (χ1n) is 5.16. The molecule has 0 radical (unpaired) electrons. The number of halogens is 1. The maximum absolute atomic E-state index is 4.32. The maximum atomic E-state index is 4.32. The molecule has 2 rings (SSSR count). The van der Waals surface area contributed by atoms with Gasteiger partial charge in [-0.15, -0.1) is 11.8 Å². The molecule has 0 saturated heterocycles. The van der Waals surface area contributed by atoms with E-state index in [1.165, 1.54) is 5.56 Å². The fraction of sp³-hybridized carbons (Fsp3) is 0.167. The van der Waals surface area contributed by atoms with Crippen LogP contribution in [-0.4, -0.2) is 17.0 Å². The summed E-state index contributed by atoms with van der Waals surface area (Å²) in [7, 11) is 1.88. The van der Waals surface area contributed by atoms with Crippen molar-refractivity contribution in [2.45, 2.75) is 10.8 Å². The topological polar surface area (TPSA) is 37.8 Å². The second-order valence-corrected chi connectivity index (χ2v) is 5.16. The predicted molar refractivity (Wildman–Crippen MR) is 75.3 cm³/mol. The number of hydrogen-bond acceptors (Lipinski definition) is 4. The molecule has 0 aliphatic heterocycles. The largest absolute Gasteiger partial charge is 0.373 e. The lowest BCUT2D eigenvalue weighted by Gasteiger charge is -2.07. The molecule has 0 aliphatic carbocycles. The van der Waals surface area contributed by atoms with Crippen molar-refractivity contribution >= 4 is 33.5 Å². The zero-order valence-corrected chi connectivity index (χ0v) is 11.8. The Morgan fingerprint density at radius 3 is 2.76 bits per heavy atom. The smallest absolute Gasteiger partial charge is 0.129 e. The second kappa shape index (κ2) is 6.02. The van der Waals surface area contributed by atoms with Crippen LogP contribution in [0.4, 0.5) is 5.82 Å². The molecule has 0 bridgehead atoms. The SMILES string of the molecule is CNc1ncccc1CSc1ncccc1Br. The van der Waals surface area contributed by atoms with Crippen LogP contribution in [0.5, 0.6) is 0 Å². The van der Waals surface area contributed by atoms with E-state index in [1.54, 1.807) is 24.2 Å². The number of thioether (sulfide) groups is 1. The molecule has 0 aliphatic rings. The molecule has 0 saturated carbocycles. The van der Waals surface area contributed by atoms with Gasteiger partial charge in [0.05, 0.1) is 0 Å². The summed E-state index contributed by atoms with van der Waals surface area (Å²) in [5.74, 6) is 1.77. The highest BCUT2D eigenvalue weighted by molar-refractivity contribution is 9.10. The molecular weight excluding hydrogens is 298 g/mol. The fourth-order valence-corrected chi connectivity index (χ4v) is 2.87. The first-order chi connectivity index (χ1) is 8.31. The molecule has 88 valence electrons. The summed E-state index contributed by atoms with van der Waals surface area (Å²) >= 11 is 5.18. The van der Waals surface area contributed by atoms with Crippen molar-refractivity contribution in [3.05, 3.63) is 46.7 Å². The van der Waals surface area contributed by atoms with Gasteiger partial charge in [0, 0.05) is 35.2 Å². The first kappa shape index (κ1) is 12.4. The van der Waals surface area contributed by atoms with Crippen molar-refractivity contribution < 1.29 is 0 Å². The summed E-state index contributed by atoms with van der Waals surface area (Å²) in [6.45, 7) is 0. The van der Waals surface area contributed by atoms with E-state index < -0.39 is 0 Å². The molecule has 0 fully saturated rings. The predicted octanol–water partition coefficient (Wildman–Crippen LogP) is 3.57. The Kier molecular flexibility index (Phi) is 4.39. The average Bonchev–Trinajstić information content (AvgIpc) is 2.38. The summed E-state index contributed by atoms with van der Waals surface area (Å²) in [6.07, 6.45) is 3.59. The maximum Gasteiger partial charge on any atom is 0.129 e. The van der Waals surface area contributed by atoms with Gasteiger partial charge in [0.1, 0.15) is 10.8 Å². The number of nitrogens with one attached hydrogen (secondary N) is 1. The molecule has 2 aromatic rings. The Morgan fingerprint density at radius 1 is 1.24 bits per heavy atom. The van der Waals surface area contributed by atoms with E-state index in [0.29, 0.717) is 0 Å². The van der Waals surface area contributed by atoms with Gasteiger partial charge in [-0.25, -0.2) is 9.97 Å². The van der Waals surface area contributed by atoms with Crippen LogP contribution in [-0.2, 0) is 5.75 Å². The third-order valence-corrected chi connectivity index (χ3v) is 4.17. The summed E-state index contributed by atoms with van der Waals surface area (Å²) in [5.41, 5.74) is 1.18. The molecular formula is C12H12BrN3S. The second-order valence-electron chi connectivity index (χ2n) is 3.34. The molecule has 17 heavy (non-hydrogen) atoms. The Morgan fingerprint density at radius 2 is 2.00 bits per heavy atom. The molecule has 0 spiro atoms. The van der Waals surface area contributed by atoms with Crippen molar-refractivity contribution in [2.75, 3.05) is 12.4 Å². The van der Waals surface area contributed by atoms with Crippen LogP contribution >= 0.6 is 27.7 Å². The standard InChI is InChI=1S/C12H12BrN3S/c1-14-11-9(4-2-6-15-11)8-17-12-10(13)5-3-7-16-12/h2-7H,8H2,1H3,(H,14,15). The molecule has 0 aromatic carbocycles. The minimum Gasteiger partial charge on any atom is -0.373 e. The molecule has 0 atom stereocenters. The minimum atomic E-state index is 0.847. The fourth-order valence-electron chi connectivity index (χ4n) is 1.40. The van der Waals surface area contributed by atoms with Gasteiger partial charge in [-0.3, -0.25) is 0 Å². The van der Waals surface area contributed by atoms with Gasteiger partial charge >= 0.3 is 0 Å². The number of hydrogen-bond donors (Lipinski definition) is 1. The molecule has 1 N–H and O–H groups in total. The molecule has 2 aromatic heterocycles. The van der Waals surface area contributed by atoms with Crippen molar-refractivity contribution in [3.63, 3.8) is 0 Å². The van der Waals surface area contributed by atoms with Crippen LogP contribution in [0.3, 0.4) is 0 Å². The Hall–Kier alpha value is -1.07. The van der Waals surface area contributed by atoms with Gasteiger partial charge in [-0.2, -0.15) is 0 Å². The Labute approximate surface area is 113 Å². The van der Waals surface area contributed by atoms with Gasteiger partial charge in [0.25, 0.3) is 0 Å². The molecule has 2 heterocycles. The monoisotopic (exact) mass is 309 g/mol. The molecule has 5 heteroatoms. The van der Waals surface area contributed by atoms with Crippen molar-refractivity contribution in [2.24, 2.45) is 0 Å². The zero-order chi connectivity index (χ0) is 12.1. The van der Waals surface area contributed by atoms with Crippen LogP contribution in [0, 0.1) is 0 Å². The third kappa shape index (κ3) is 3.20. The van der Waals surface area contributed by atoms with Crippen LogP contribution in [0.1, 0.15) is 5.56 Å². The van der Waals surface area contributed by atoms with Crippen molar-refractivity contribution in [1.29, 1.82) is 0 Å². The number of nitrogens with zero attached hydrogens (tertiary/aromatic N) is 2. The Bertz CT molecular complexity index is 505. The van der Waals surface area contributed by atoms with Crippen LogP contribution < -0.4 is 5.32 Å². The summed E-state index contributed by atoms with van der Waals surface area (Å²) in [5, 5.41) is 4.09. The van der Waals surface area contributed by atoms with Crippen LogP contribution in [0.15, 0.2) is 46.2 Å². The van der Waals surface area contributed by atoms with E-state index in [1.807, 2.05) is 25.2 Å². The molecule has 0 unspecified atom stereocenters. The highest BCUT2D eigenvalue weighted by Crippen LogP contribution is 2.29. The summed E-state index contributed by atoms with van der Waals surface area (Å²) in [4.78, 5) is 8.60. The normalized spacial score (nSPS) is 10.2. The zero-order valence-electron chi connectivity index (χ0n) is 9.35. The van der Waals surface area contributed by atoms with E-state index in [4.69, 9.17) is 0 Å². The van der Waals surface area contributed by atoms with Crippen LogP contribution in [0.25, 0.3) is 0 Å². The minimum absolute atomic E-state index is 0.847. The van der Waals surface area contributed by atoms with Gasteiger partial charge < -0.3 is 5.32 Å². The number of pyridine rings is 2. The Balaban J connectivity index is 2.10. The number of aromatic nitrogens is 2. The molecule has 3 nitrogen and oxygen atoms in total. The average molecular weight is 310 g/mol. The van der Waals surface area contributed by atoms with E-state index in [0.717, 1.165) is 21.1 Å². The van der Waals surface area contributed by atoms with Gasteiger partial charge in [-0.05, 0) is 34.1 Å². The van der Waals surface area contributed by atoms with E-state index >= 15 is 0 Å². The highest BCUT2D eigenvalue weighted by Gasteiger charge is 2.05. The van der Waals surface area contributed by atoms with Crippen molar-refractivity contribution in [3.8, 4) is 0 Å². The third-order valence-electron chi connectivity index (χ3n) is 2.22. The van der Waals surface area contributed by atoms with Gasteiger partial charge in [-0.1, -0.05) is 6.07 Å². The quantitative estimate of drug-likeness (QED) is 0.876. The summed E-state index contributed by atoms with van der Waals surface area (Å²) < 4.78 is 1.03. The van der Waals surface area contributed by atoms with Crippen LogP contribution in [0.2, 0.25) is 0 Å². The number of rotatable bonds is 4. The van der Waals surface area contributed by atoms with E-state index in [-0.39, 0.29) is 0 Å². The first-order valence-corrected chi connectivity index (χ1v) is 6.94. The van der Waals surface area contributed by atoms with E-state index in [2.05, 4.69) is 37.3 Å². The highest BCUT2D eigenvalue weighted by atomic mass is 79.9. The number of anilines is 1. The summed E-state index contributed by atoms with van der Waals surface area (Å²) in [6, 6.07) is 7.93. The molecule has 0 amide bonds. The van der Waals surface area contributed by atoms with Gasteiger partial charge in [0.15, 0.2) is 0 Å². The van der Waals surface area contributed by atoms with Gasteiger partial charge in [0.2, 0.25) is 0 Å². The lowest BCUT2D eigenvalue weighted by atomic mass is 10.3. The van der Waals surface area contributed by atoms with E-state index in [9.17, 15) is 0 Å². The van der Waals surface area contributed by atoms with Crippen molar-refractivity contribution in [1.82, 2.24) is 9.97 Å².